The first-order chi connectivity index (χ1) is 14.9. The molecule has 5 nitrogen and oxygen atoms in total. The van der Waals surface area contributed by atoms with Gasteiger partial charge in [-0.25, -0.2) is 5.43 Å². The molecule has 0 spiro atoms. The number of hydrazone groups is 1. The Hall–Kier alpha value is -2.44. The Bertz CT molecular complexity index is 1120. The van der Waals surface area contributed by atoms with Crippen LogP contribution in [0, 0.1) is 0 Å². The fraction of sp³-hybridized carbons (Fsp3) is 0.0909. The summed E-state index contributed by atoms with van der Waals surface area (Å²) in [7, 11) is 1.51. The molecule has 31 heavy (non-hydrogen) atoms. The van der Waals surface area contributed by atoms with E-state index in [9.17, 15) is 4.79 Å². The summed E-state index contributed by atoms with van der Waals surface area (Å²) in [5.74, 6) is 0.349. The summed E-state index contributed by atoms with van der Waals surface area (Å²) in [6.45, 7) is 0.290. The average molecular weight is 498 g/mol. The number of amides is 1. The molecule has 0 aromatic heterocycles. The maximum atomic E-state index is 12.2. The Kier molecular flexibility index (Phi) is 8.04. The molecule has 0 aliphatic heterocycles. The zero-order valence-electron chi connectivity index (χ0n) is 16.2. The second-order valence-corrected chi connectivity index (χ2v) is 7.96. The zero-order valence-corrected chi connectivity index (χ0v) is 19.2. The van der Waals surface area contributed by atoms with Crippen molar-refractivity contribution in [3.63, 3.8) is 0 Å². The second kappa shape index (κ2) is 10.7. The predicted molar refractivity (Wildman–Crippen MR) is 125 cm³/mol. The van der Waals surface area contributed by atoms with Gasteiger partial charge in [-0.05, 0) is 53.6 Å². The van der Waals surface area contributed by atoms with E-state index < -0.39 is 5.91 Å². The number of carbonyl (C=O) groups excluding carboxylic acids is 1. The molecule has 0 atom stereocenters. The highest BCUT2D eigenvalue weighted by Gasteiger charge is 2.13. The molecule has 0 aliphatic rings. The summed E-state index contributed by atoms with van der Waals surface area (Å²) in [6.07, 6.45) is 1.43. The van der Waals surface area contributed by atoms with E-state index in [0.717, 1.165) is 5.56 Å². The minimum absolute atomic E-state index is 0.229. The molecular weight excluding hydrogens is 482 g/mol. The van der Waals surface area contributed by atoms with Gasteiger partial charge in [0, 0.05) is 10.0 Å². The van der Waals surface area contributed by atoms with E-state index >= 15 is 0 Å². The second-order valence-electron chi connectivity index (χ2n) is 6.27. The zero-order chi connectivity index (χ0) is 22.4. The number of rotatable bonds is 7. The summed E-state index contributed by atoms with van der Waals surface area (Å²) in [4.78, 5) is 12.2. The smallest absolute Gasteiger partial charge is 0.272 e. The van der Waals surface area contributed by atoms with Gasteiger partial charge in [0.05, 0.1) is 28.9 Å². The Morgan fingerprint density at radius 3 is 2.35 bits per heavy atom. The highest BCUT2D eigenvalue weighted by atomic mass is 35.5. The van der Waals surface area contributed by atoms with Crippen molar-refractivity contribution in [2.75, 3.05) is 7.11 Å². The van der Waals surface area contributed by atoms with E-state index in [-0.39, 0.29) is 10.6 Å². The van der Waals surface area contributed by atoms with Gasteiger partial charge in [0.25, 0.3) is 5.91 Å². The third-order valence-electron chi connectivity index (χ3n) is 4.10. The molecule has 0 heterocycles. The number of hydrogen-bond donors (Lipinski definition) is 1. The van der Waals surface area contributed by atoms with Gasteiger partial charge < -0.3 is 9.47 Å². The molecule has 160 valence electrons. The Labute approximate surface area is 199 Å². The number of ether oxygens (including phenoxy) is 2. The van der Waals surface area contributed by atoms with Gasteiger partial charge in [-0.2, -0.15) is 5.10 Å². The lowest BCUT2D eigenvalue weighted by atomic mass is 10.2. The molecule has 3 aromatic rings. The van der Waals surface area contributed by atoms with Crippen molar-refractivity contribution in [2.24, 2.45) is 5.10 Å². The van der Waals surface area contributed by atoms with Gasteiger partial charge in [-0.3, -0.25) is 4.79 Å². The first kappa shape index (κ1) is 23.2. The van der Waals surface area contributed by atoms with Crippen LogP contribution in [0.5, 0.6) is 11.5 Å². The van der Waals surface area contributed by atoms with Crippen LogP contribution in [0.4, 0.5) is 0 Å². The molecular formula is C22H16Cl4N2O3. The Balaban J connectivity index is 1.69. The molecule has 0 bridgehead atoms. The van der Waals surface area contributed by atoms with E-state index in [4.69, 9.17) is 55.9 Å². The van der Waals surface area contributed by atoms with Crippen LogP contribution < -0.4 is 14.9 Å². The minimum atomic E-state index is -0.473. The number of carbonyl (C=O) groups is 1. The van der Waals surface area contributed by atoms with Crippen molar-refractivity contribution >= 4 is 58.5 Å². The molecule has 9 heteroatoms. The lowest BCUT2D eigenvalue weighted by Crippen LogP contribution is -2.18. The van der Waals surface area contributed by atoms with Crippen molar-refractivity contribution in [3.8, 4) is 11.5 Å². The van der Waals surface area contributed by atoms with Gasteiger partial charge in [0.15, 0.2) is 11.5 Å². The Morgan fingerprint density at radius 1 is 0.968 bits per heavy atom. The van der Waals surface area contributed by atoms with Crippen LogP contribution in [0.3, 0.4) is 0 Å². The molecule has 0 radical (unpaired) electrons. The molecule has 3 rings (SSSR count). The SMILES string of the molecule is COc1cc(/C=N\NC(=O)c2ccc(Cl)cc2Cl)cc(Cl)c1OCc1ccc(Cl)cc1. The molecule has 3 aromatic carbocycles. The van der Waals surface area contributed by atoms with Crippen molar-refractivity contribution in [1.82, 2.24) is 5.43 Å². The summed E-state index contributed by atoms with van der Waals surface area (Å²) in [5, 5.41) is 5.59. The molecule has 0 unspecified atom stereocenters. The van der Waals surface area contributed by atoms with Crippen molar-refractivity contribution in [2.45, 2.75) is 6.61 Å². The van der Waals surface area contributed by atoms with E-state index in [1.807, 2.05) is 12.1 Å². The van der Waals surface area contributed by atoms with E-state index in [0.29, 0.717) is 38.7 Å². The maximum Gasteiger partial charge on any atom is 0.272 e. The summed E-state index contributed by atoms with van der Waals surface area (Å²) in [6, 6.07) is 15.2. The third kappa shape index (κ3) is 6.28. The van der Waals surface area contributed by atoms with Crippen LogP contribution in [0.1, 0.15) is 21.5 Å². The summed E-state index contributed by atoms with van der Waals surface area (Å²) < 4.78 is 11.2. The van der Waals surface area contributed by atoms with Crippen LogP contribution in [0.25, 0.3) is 0 Å². The molecule has 0 aliphatic carbocycles. The van der Waals surface area contributed by atoms with Crippen molar-refractivity contribution < 1.29 is 14.3 Å². The number of methoxy groups -OCH3 is 1. The van der Waals surface area contributed by atoms with Gasteiger partial charge in [-0.1, -0.05) is 58.5 Å². The van der Waals surface area contributed by atoms with Gasteiger partial charge >= 0.3 is 0 Å². The molecule has 1 N–H and O–H groups in total. The third-order valence-corrected chi connectivity index (χ3v) is 5.18. The van der Waals surface area contributed by atoms with E-state index in [1.54, 1.807) is 30.3 Å². The van der Waals surface area contributed by atoms with E-state index in [2.05, 4.69) is 10.5 Å². The molecule has 0 saturated carbocycles. The lowest BCUT2D eigenvalue weighted by Gasteiger charge is -2.13. The lowest BCUT2D eigenvalue weighted by molar-refractivity contribution is 0.0955. The minimum Gasteiger partial charge on any atom is -0.493 e. The van der Waals surface area contributed by atoms with Crippen LogP contribution in [-0.4, -0.2) is 19.2 Å². The fourth-order valence-corrected chi connectivity index (χ4v) is 3.48. The number of benzene rings is 3. The number of halogens is 4. The maximum absolute atomic E-state index is 12.2. The van der Waals surface area contributed by atoms with Gasteiger partial charge in [-0.15, -0.1) is 0 Å². The molecule has 1 amide bonds. The van der Waals surface area contributed by atoms with Crippen LogP contribution >= 0.6 is 46.4 Å². The van der Waals surface area contributed by atoms with E-state index in [1.165, 1.54) is 25.5 Å². The summed E-state index contributed by atoms with van der Waals surface area (Å²) in [5.41, 5.74) is 4.19. The standard InChI is InChI=1S/C22H16Cl4N2O3/c1-30-20-9-14(11-27-28-22(29)17-7-6-16(24)10-18(17)25)8-19(26)21(20)31-12-13-2-4-15(23)5-3-13/h2-11H,12H2,1H3,(H,28,29)/b27-11-. The molecule has 0 saturated heterocycles. The summed E-state index contributed by atoms with van der Waals surface area (Å²) >= 11 is 24.1. The highest BCUT2D eigenvalue weighted by molar-refractivity contribution is 6.36. The largest absolute Gasteiger partial charge is 0.493 e. The van der Waals surface area contributed by atoms with Crippen molar-refractivity contribution in [3.05, 3.63) is 91.4 Å². The predicted octanol–water partition coefficient (Wildman–Crippen LogP) is 6.65. The Morgan fingerprint density at radius 2 is 1.68 bits per heavy atom. The highest BCUT2D eigenvalue weighted by Crippen LogP contribution is 2.36. The quantitative estimate of drug-likeness (QED) is 0.293. The molecule has 0 fully saturated rings. The first-order valence-corrected chi connectivity index (χ1v) is 10.4. The van der Waals surface area contributed by atoms with Crippen molar-refractivity contribution in [1.29, 1.82) is 0 Å². The number of hydrogen-bond acceptors (Lipinski definition) is 4. The van der Waals surface area contributed by atoms with Crippen LogP contribution in [-0.2, 0) is 6.61 Å². The van der Waals surface area contributed by atoms with Gasteiger partial charge in [0.2, 0.25) is 0 Å². The normalized spacial score (nSPS) is 10.9. The number of nitrogens with zero attached hydrogens (tertiary/aromatic N) is 1. The van der Waals surface area contributed by atoms with Crippen LogP contribution in [0.15, 0.2) is 59.7 Å². The average Bonchev–Trinajstić information content (AvgIpc) is 2.73. The first-order valence-electron chi connectivity index (χ1n) is 8.90. The number of nitrogens with one attached hydrogen (secondary N) is 1. The topological polar surface area (TPSA) is 59.9 Å². The van der Waals surface area contributed by atoms with Crippen LogP contribution in [0.2, 0.25) is 20.1 Å². The van der Waals surface area contributed by atoms with Gasteiger partial charge in [0.1, 0.15) is 6.61 Å². The fourth-order valence-electron chi connectivity index (χ4n) is 2.59. The monoisotopic (exact) mass is 496 g/mol.